The molecular formula is C12H11Br2FN2O2S2. The first-order valence-corrected chi connectivity index (χ1v) is 9.56. The molecule has 0 aliphatic carbocycles. The zero-order chi connectivity index (χ0) is 15.8. The van der Waals surface area contributed by atoms with Crippen LogP contribution in [0.5, 0.6) is 0 Å². The van der Waals surface area contributed by atoms with Crippen LogP contribution in [0.3, 0.4) is 0 Å². The fourth-order valence-corrected chi connectivity index (χ4v) is 4.68. The molecule has 0 radical (unpaired) electrons. The van der Waals surface area contributed by atoms with Gasteiger partial charge in [0.2, 0.25) is 10.0 Å². The van der Waals surface area contributed by atoms with Crippen LogP contribution in [-0.4, -0.2) is 19.8 Å². The Labute approximate surface area is 143 Å². The average Bonchev–Trinajstić information content (AvgIpc) is 2.79. The van der Waals surface area contributed by atoms with Crippen molar-refractivity contribution < 1.29 is 12.8 Å². The summed E-state index contributed by atoms with van der Waals surface area (Å²) in [6, 6.07) is 4.02. The first kappa shape index (κ1) is 16.9. The predicted octanol–water partition coefficient (Wildman–Crippen LogP) is 3.82. The predicted molar refractivity (Wildman–Crippen MR) is 89.2 cm³/mol. The van der Waals surface area contributed by atoms with E-state index >= 15 is 0 Å². The lowest BCUT2D eigenvalue weighted by Crippen LogP contribution is -2.27. The van der Waals surface area contributed by atoms with E-state index in [0.717, 1.165) is 15.4 Å². The highest BCUT2D eigenvalue weighted by atomic mass is 79.9. The Kier molecular flexibility index (Phi) is 5.09. The number of rotatable bonds is 4. The largest absolute Gasteiger partial charge is 0.398 e. The molecule has 0 saturated carbocycles. The fourth-order valence-electron chi connectivity index (χ4n) is 1.71. The Morgan fingerprint density at radius 2 is 2.00 bits per heavy atom. The van der Waals surface area contributed by atoms with Gasteiger partial charge in [-0.05, 0) is 61.0 Å². The summed E-state index contributed by atoms with van der Waals surface area (Å²) >= 11 is 7.78. The Morgan fingerprint density at radius 1 is 1.33 bits per heavy atom. The molecule has 0 fully saturated rings. The lowest BCUT2D eigenvalue weighted by molar-refractivity contribution is 0.467. The van der Waals surface area contributed by atoms with Gasteiger partial charge in [0.05, 0.1) is 13.9 Å². The molecule has 0 unspecified atom stereocenters. The van der Waals surface area contributed by atoms with E-state index in [1.165, 1.54) is 28.8 Å². The van der Waals surface area contributed by atoms with Crippen LogP contribution in [0.15, 0.2) is 36.7 Å². The lowest BCUT2D eigenvalue weighted by atomic mass is 10.3. The standard InChI is InChI=1S/C12H11Br2FN2O2S2/c1-17(5-7-2-12(14)20-6-7)21(18,19)11-3-8(13)9(15)4-10(11)16/h2-4,6H,5,16H2,1H3. The minimum absolute atomic E-state index is 0.0574. The molecule has 1 aromatic heterocycles. The van der Waals surface area contributed by atoms with Crippen molar-refractivity contribution in [2.75, 3.05) is 12.8 Å². The van der Waals surface area contributed by atoms with Gasteiger partial charge >= 0.3 is 0 Å². The first-order chi connectivity index (χ1) is 9.71. The molecule has 9 heteroatoms. The van der Waals surface area contributed by atoms with Gasteiger partial charge in [-0.3, -0.25) is 0 Å². The van der Waals surface area contributed by atoms with Gasteiger partial charge in [-0.15, -0.1) is 11.3 Å². The van der Waals surface area contributed by atoms with E-state index in [1.807, 2.05) is 11.4 Å². The van der Waals surface area contributed by atoms with Crippen LogP contribution in [0.25, 0.3) is 0 Å². The van der Waals surface area contributed by atoms with Crippen molar-refractivity contribution in [2.45, 2.75) is 11.4 Å². The number of nitrogens with zero attached hydrogens (tertiary/aromatic N) is 1. The third-order valence-electron chi connectivity index (χ3n) is 2.77. The van der Waals surface area contributed by atoms with Gasteiger partial charge in [-0.2, -0.15) is 4.31 Å². The summed E-state index contributed by atoms with van der Waals surface area (Å²) in [5.74, 6) is -0.601. The molecule has 1 aromatic carbocycles. The molecular weight excluding hydrogens is 447 g/mol. The smallest absolute Gasteiger partial charge is 0.245 e. The quantitative estimate of drug-likeness (QED) is 0.710. The SMILES string of the molecule is CN(Cc1csc(Br)c1)S(=O)(=O)c1cc(Br)c(F)cc1N. The molecule has 0 atom stereocenters. The van der Waals surface area contributed by atoms with Crippen molar-refractivity contribution in [3.05, 3.63) is 43.2 Å². The van der Waals surface area contributed by atoms with E-state index < -0.39 is 15.8 Å². The molecule has 0 spiro atoms. The molecule has 0 amide bonds. The monoisotopic (exact) mass is 456 g/mol. The van der Waals surface area contributed by atoms with Crippen molar-refractivity contribution >= 4 is 58.9 Å². The van der Waals surface area contributed by atoms with Crippen LogP contribution >= 0.6 is 43.2 Å². The molecule has 2 N–H and O–H groups in total. The molecule has 1 heterocycles. The molecule has 0 aliphatic heterocycles. The van der Waals surface area contributed by atoms with Crippen molar-refractivity contribution in [3.63, 3.8) is 0 Å². The van der Waals surface area contributed by atoms with Gasteiger partial charge < -0.3 is 5.73 Å². The average molecular weight is 458 g/mol. The minimum atomic E-state index is -3.80. The molecule has 0 bridgehead atoms. The number of halogens is 3. The summed E-state index contributed by atoms with van der Waals surface area (Å²) in [7, 11) is -2.34. The molecule has 2 rings (SSSR count). The summed E-state index contributed by atoms with van der Waals surface area (Å²) in [6.45, 7) is 0.207. The Balaban J connectivity index is 2.35. The maximum atomic E-state index is 13.4. The van der Waals surface area contributed by atoms with Crippen molar-refractivity contribution in [3.8, 4) is 0 Å². The summed E-state index contributed by atoms with van der Waals surface area (Å²) in [6.07, 6.45) is 0. The first-order valence-electron chi connectivity index (χ1n) is 5.65. The second kappa shape index (κ2) is 6.33. The van der Waals surface area contributed by atoms with E-state index in [-0.39, 0.29) is 21.6 Å². The van der Waals surface area contributed by atoms with E-state index in [9.17, 15) is 12.8 Å². The van der Waals surface area contributed by atoms with Crippen LogP contribution in [0.1, 0.15) is 5.56 Å². The molecule has 2 aromatic rings. The van der Waals surface area contributed by atoms with E-state index in [4.69, 9.17) is 5.73 Å². The highest BCUT2D eigenvalue weighted by molar-refractivity contribution is 9.11. The Morgan fingerprint density at radius 3 is 2.57 bits per heavy atom. The van der Waals surface area contributed by atoms with Gasteiger partial charge in [0.15, 0.2) is 0 Å². The Bertz CT molecular complexity index is 778. The normalized spacial score (nSPS) is 12.0. The number of nitrogen functional groups attached to an aromatic ring is 1. The zero-order valence-electron chi connectivity index (χ0n) is 10.8. The zero-order valence-corrected chi connectivity index (χ0v) is 15.6. The number of hydrogen-bond donors (Lipinski definition) is 1. The molecule has 0 aliphatic rings. The highest BCUT2D eigenvalue weighted by Gasteiger charge is 2.25. The van der Waals surface area contributed by atoms with Crippen molar-refractivity contribution in [1.82, 2.24) is 4.31 Å². The summed E-state index contributed by atoms with van der Waals surface area (Å²) in [5, 5.41) is 1.86. The second-order valence-electron chi connectivity index (χ2n) is 4.32. The van der Waals surface area contributed by atoms with Gasteiger partial charge in [0.25, 0.3) is 0 Å². The maximum Gasteiger partial charge on any atom is 0.245 e. The molecule has 21 heavy (non-hydrogen) atoms. The summed E-state index contributed by atoms with van der Waals surface area (Å²) in [4.78, 5) is -0.118. The fraction of sp³-hybridized carbons (Fsp3) is 0.167. The van der Waals surface area contributed by atoms with Crippen LogP contribution in [0.4, 0.5) is 10.1 Å². The number of nitrogens with two attached hydrogens (primary N) is 1. The van der Waals surface area contributed by atoms with Crippen molar-refractivity contribution in [1.29, 1.82) is 0 Å². The minimum Gasteiger partial charge on any atom is -0.398 e. The van der Waals surface area contributed by atoms with E-state index in [1.54, 1.807) is 0 Å². The highest BCUT2D eigenvalue weighted by Crippen LogP contribution is 2.29. The van der Waals surface area contributed by atoms with Crippen molar-refractivity contribution in [2.24, 2.45) is 0 Å². The topological polar surface area (TPSA) is 63.4 Å². The number of sulfonamides is 1. The third-order valence-corrected chi connectivity index (χ3v) is 6.79. The number of thiophene rings is 1. The van der Waals surface area contributed by atoms with Crippen LogP contribution in [0, 0.1) is 5.82 Å². The third kappa shape index (κ3) is 3.65. The van der Waals surface area contributed by atoms with E-state index in [0.29, 0.717) is 0 Å². The maximum absolute atomic E-state index is 13.4. The number of hydrogen-bond acceptors (Lipinski definition) is 4. The van der Waals surface area contributed by atoms with Crippen LogP contribution < -0.4 is 5.73 Å². The summed E-state index contributed by atoms with van der Waals surface area (Å²) < 4.78 is 40.6. The van der Waals surface area contributed by atoms with Gasteiger partial charge in [-0.25, -0.2) is 12.8 Å². The number of benzene rings is 1. The summed E-state index contributed by atoms with van der Waals surface area (Å²) in [5.41, 5.74) is 6.38. The number of anilines is 1. The molecule has 114 valence electrons. The Hall–Kier alpha value is -0.480. The van der Waals surface area contributed by atoms with E-state index in [2.05, 4.69) is 31.9 Å². The van der Waals surface area contributed by atoms with Gasteiger partial charge in [0.1, 0.15) is 10.7 Å². The molecule has 0 saturated heterocycles. The van der Waals surface area contributed by atoms with Crippen LogP contribution in [0.2, 0.25) is 0 Å². The molecule has 4 nitrogen and oxygen atoms in total. The van der Waals surface area contributed by atoms with Crippen LogP contribution in [-0.2, 0) is 16.6 Å². The van der Waals surface area contributed by atoms with Gasteiger partial charge in [-0.1, -0.05) is 0 Å². The van der Waals surface area contributed by atoms with Gasteiger partial charge in [0, 0.05) is 13.6 Å². The lowest BCUT2D eigenvalue weighted by Gasteiger charge is -2.18. The second-order valence-corrected chi connectivity index (χ2v) is 9.48.